The summed E-state index contributed by atoms with van der Waals surface area (Å²) in [5.74, 6) is -0.0534. The maximum Gasteiger partial charge on any atom is 0.296 e. The zero-order valence-corrected chi connectivity index (χ0v) is 13.9. The van der Waals surface area contributed by atoms with Gasteiger partial charge in [0.15, 0.2) is 5.65 Å². The minimum Gasteiger partial charge on any atom is -0.480 e. The molecule has 0 saturated heterocycles. The summed E-state index contributed by atoms with van der Waals surface area (Å²) in [6.07, 6.45) is 4.60. The van der Waals surface area contributed by atoms with Crippen LogP contribution in [0.2, 0.25) is 5.02 Å². The summed E-state index contributed by atoms with van der Waals surface area (Å²) in [6, 6.07) is -0.0624. The van der Waals surface area contributed by atoms with E-state index in [1.54, 1.807) is 16.5 Å². The number of rotatable bonds is 6. The summed E-state index contributed by atoms with van der Waals surface area (Å²) in [5, 5.41) is 10.6. The molecule has 0 aromatic carbocycles. The highest BCUT2D eigenvalue weighted by molar-refractivity contribution is 6.32. The van der Waals surface area contributed by atoms with Crippen molar-refractivity contribution in [3.05, 3.63) is 16.8 Å². The summed E-state index contributed by atoms with van der Waals surface area (Å²) in [4.78, 5) is 21.3. The van der Waals surface area contributed by atoms with Crippen LogP contribution < -0.4 is 0 Å². The molecule has 2 aromatic rings. The molecule has 0 spiro atoms. The summed E-state index contributed by atoms with van der Waals surface area (Å²) in [5.41, 5.74) is 1.91. The first-order valence-corrected chi connectivity index (χ1v) is 7.77. The van der Waals surface area contributed by atoms with Gasteiger partial charge in [-0.2, -0.15) is 4.98 Å². The van der Waals surface area contributed by atoms with Crippen LogP contribution in [0.25, 0.3) is 11.2 Å². The maximum absolute atomic E-state index is 11.5. The van der Waals surface area contributed by atoms with Crippen molar-refractivity contribution in [2.45, 2.75) is 46.2 Å². The molecule has 2 rings (SSSR count). The van der Waals surface area contributed by atoms with Crippen LogP contribution in [0.1, 0.15) is 38.7 Å². The molecular weight excluding hydrogens is 304 g/mol. The average Bonchev–Trinajstić information content (AvgIpc) is 2.78. The molecule has 7 heteroatoms. The van der Waals surface area contributed by atoms with Gasteiger partial charge in [-0.3, -0.25) is 9.36 Å². The molecule has 0 atom stereocenters. The van der Waals surface area contributed by atoms with E-state index in [-0.39, 0.29) is 11.9 Å². The Kier molecular flexibility index (Phi) is 5.24. The lowest BCUT2D eigenvalue weighted by atomic mass is 10.2. The van der Waals surface area contributed by atoms with Crippen LogP contribution >= 0.6 is 11.6 Å². The number of aryl methyl sites for hydroxylation is 1. The molecule has 0 radical (unpaired) electrons. The van der Waals surface area contributed by atoms with E-state index in [1.807, 2.05) is 0 Å². The quantitative estimate of drug-likeness (QED) is 0.829. The fraction of sp³-hybridized carbons (Fsp3) is 0.533. The predicted octanol–water partition coefficient (Wildman–Crippen LogP) is 2.96. The van der Waals surface area contributed by atoms with Crippen LogP contribution in [0.15, 0.2) is 6.20 Å². The van der Waals surface area contributed by atoms with Crippen molar-refractivity contribution in [1.82, 2.24) is 19.4 Å². The number of aromatic hydroxyl groups is 1. The fourth-order valence-electron chi connectivity index (χ4n) is 2.36. The van der Waals surface area contributed by atoms with Crippen molar-refractivity contribution in [2.24, 2.45) is 0 Å². The lowest BCUT2D eigenvalue weighted by Crippen LogP contribution is -2.23. The van der Waals surface area contributed by atoms with Gasteiger partial charge in [-0.25, -0.2) is 4.98 Å². The second-order valence-electron chi connectivity index (χ2n) is 5.40. The molecule has 0 aliphatic heterocycles. The van der Waals surface area contributed by atoms with E-state index in [4.69, 9.17) is 11.6 Å². The first kappa shape index (κ1) is 16.5. The Labute approximate surface area is 134 Å². The lowest BCUT2D eigenvalue weighted by Gasteiger charge is -2.17. The van der Waals surface area contributed by atoms with Gasteiger partial charge >= 0.3 is 0 Å². The number of unbranched alkanes of at least 4 members (excludes halogenated alkanes) is 2. The molecule has 0 aliphatic carbocycles. The van der Waals surface area contributed by atoms with Crippen molar-refractivity contribution in [3.8, 4) is 6.01 Å². The van der Waals surface area contributed by atoms with Gasteiger partial charge in [-0.1, -0.05) is 31.4 Å². The number of carbonyl (C=O) groups excluding carboxylic acids is 1. The number of hydrogen-bond acceptors (Lipinski definition) is 4. The molecule has 2 aromatic heterocycles. The molecule has 6 nitrogen and oxygen atoms in total. The van der Waals surface area contributed by atoms with Crippen molar-refractivity contribution in [2.75, 3.05) is 7.05 Å². The van der Waals surface area contributed by atoms with Gasteiger partial charge < -0.3 is 10.0 Å². The van der Waals surface area contributed by atoms with Crippen LogP contribution in [0.4, 0.5) is 0 Å². The van der Waals surface area contributed by atoms with Crippen molar-refractivity contribution < 1.29 is 9.90 Å². The summed E-state index contributed by atoms with van der Waals surface area (Å²) in [7, 11) is 1.71. The third kappa shape index (κ3) is 3.32. The largest absolute Gasteiger partial charge is 0.480 e. The molecule has 1 N–H and O–H groups in total. The van der Waals surface area contributed by atoms with E-state index in [9.17, 15) is 9.90 Å². The number of aromatic nitrogens is 3. The Balaban J connectivity index is 2.48. The number of nitrogens with zero attached hydrogens (tertiary/aromatic N) is 4. The van der Waals surface area contributed by atoms with E-state index in [0.717, 1.165) is 24.8 Å². The minimum absolute atomic E-state index is 0.0534. The van der Waals surface area contributed by atoms with E-state index < -0.39 is 0 Å². The second kappa shape index (κ2) is 6.96. The van der Waals surface area contributed by atoms with Gasteiger partial charge in [0.2, 0.25) is 5.91 Å². The summed E-state index contributed by atoms with van der Waals surface area (Å²) < 4.78 is 1.73. The van der Waals surface area contributed by atoms with E-state index >= 15 is 0 Å². The standard InChI is InChI=1S/C15H21ClN4O2/c1-4-5-6-7-20-13-11(9-19(3)10(2)21)12(16)8-17-14(13)18-15(20)22/h8H,4-7,9H2,1-3H3,(H,17,18,22). The van der Waals surface area contributed by atoms with Crippen molar-refractivity contribution in [3.63, 3.8) is 0 Å². The Morgan fingerprint density at radius 1 is 1.45 bits per heavy atom. The van der Waals surface area contributed by atoms with Gasteiger partial charge in [0.1, 0.15) is 0 Å². The zero-order chi connectivity index (χ0) is 16.3. The third-order valence-corrected chi connectivity index (χ3v) is 4.05. The van der Waals surface area contributed by atoms with Crippen LogP contribution in [0.3, 0.4) is 0 Å². The molecule has 0 fully saturated rings. The van der Waals surface area contributed by atoms with Crippen LogP contribution in [0.5, 0.6) is 6.01 Å². The van der Waals surface area contributed by atoms with Crippen LogP contribution in [0, 0.1) is 0 Å². The number of fused-ring (bicyclic) bond motifs is 1. The number of halogens is 1. The fourth-order valence-corrected chi connectivity index (χ4v) is 2.55. The highest BCUT2D eigenvalue weighted by Gasteiger charge is 2.19. The monoisotopic (exact) mass is 324 g/mol. The molecule has 120 valence electrons. The molecule has 0 unspecified atom stereocenters. The lowest BCUT2D eigenvalue weighted by molar-refractivity contribution is -0.128. The van der Waals surface area contributed by atoms with Gasteiger partial charge in [-0.15, -0.1) is 0 Å². The van der Waals surface area contributed by atoms with Crippen molar-refractivity contribution in [1.29, 1.82) is 0 Å². The first-order valence-electron chi connectivity index (χ1n) is 7.40. The normalized spacial score (nSPS) is 11.1. The van der Waals surface area contributed by atoms with Gasteiger partial charge in [0.25, 0.3) is 6.01 Å². The molecular formula is C15H21ClN4O2. The highest BCUT2D eigenvalue weighted by Crippen LogP contribution is 2.29. The number of amides is 1. The Hall–Kier alpha value is -1.82. The average molecular weight is 325 g/mol. The molecule has 22 heavy (non-hydrogen) atoms. The number of pyridine rings is 1. The maximum atomic E-state index is 11.5. The number of carbonyl (C=O) groups is 1. The number of imidazole rings is 1. The van der Waals surface area contributed by atoms with Crippen LogP contribution in [-0.2, 0) is 17.9 Å². The van der Waals surface area contributed by atoms with E-state index in [2.05, 4.69) is 16.9 Å². The molecule has 0 saturated carbocycles. The predicted molar refractivity (Wildman–Crippen MR) is 85.9 cm³/mol. The van der Waals surface area contributed by atoms with Gasteiger partial charge in [0.05, 0.1) is 10.5 Å². The Bertz CT molecular complexity index is 684. The Morgan fingerprint density at radius 3 is 2.82 bits per heavy atom. The Morgan fingerprint density at radius 2 is 2.18 bits per heavy atom. The van der Waals surface area contributed by atoms with Gasteiger partial charge in [0, 0.05) is 38.8 Å². The second-order valence-corrected chi connectivity index (χ2v) is 5.81. The zero-order valence-electron chi connectivity index (χ0n) is 13.1. The molecule has 1 amide bonds. The third-order valence-electron chi connectivity index (χ3n) is 3.72. The molecule has 0 aliphatic rings. The summed E-state index contributed by atoms with van der Waals surface area (Å²) in [6.45, 7) is 4.63. The van der Waals surface area contributed by atoms with Gasteiger partial charge in [-0.05, 0) is 6.42 Å². The summed E-state index contributed by atoms with van der Waals surface area (Å²) >= 11 is 6.27. The van der Waals surface area contributed by atoms with Crippen molar-refractivity contribution >= 4 is 28.7 Å². The SMILES string of the molecule is CCCCCn1c(O)nc2ncc(Cl)c(CN(C)C(C)=O)c21. The highest BCUT2D eigenvalue weighted by atomic mass is 35.5. The number of hydrogen-bond donors (Lipinski definition) is 1. The van der Waals surface area contributed by atoms with E-state index in [1.165, 1.54) is 13.1 Å². The molecule has 0 bridgehead atoms. The molecule has 2 heterocycles. The van der Waals surface area contributed by atoms with E-state index in [0.29, 0.717) is 29.3 Å². The minimum atomic E-state index is -0.0624. The smallest absolute Gasteiger partial charge is 0.296 e. The first-order chi connectivity index (χ1) is 10.5. The topological polar surface area (TPSA) is 71.2 Å². The van der Waals surface area contributed by atoms with Crippen LogP contribution in [-0.4, -0.2) is 37.5 Å².